The maximum absolute atomic E-state index is 11.8. The Morgan fingerprint density at radius 2 is 2.19 bits per heavy atom. The summed E-state index contributed by atoms with van der Waals surface area (Å²) in [6.07, 6.45) is 1.91. The third-order valence-electron chi connectivity index (χ3n) is 2.95. The molecule has 2 rings (SSSR count). The van der Waals surface area contributed by atoms with E-state index in [1.165, 1.54) is 7.11 Å². The Kier molecular flexibility index (Phi) is 3.57. The SMILES string of the molecule is COC(=O)[C@@H](c1ccccc1)[C@@H]1CCCO1. The lowest BCUT2D eigenvalue weighted by Crippen LogP contribution is -2.26. The molecule has 1 heterocycles. The van der Waals surface area contributed by atoms with Crippen molar-refractivity contribution in [2.45, 2.75) is 24.9 Å². The summed E-state index contributed by atoms with van der Waals surface area (Å²) in [4.78, 5) is 11.8. The van der Waals surface area contributed by atoms with E-state index in [0.717, 1.165) is 25.0 Å². The van der Waals surface area contributed by atoms with Crippen LogP contribution in [0.2, 0.25) is 0 Å². The van der Waals surface area contributed by atoms with Crippen LogP contribution in [0.25, 0.3) is 0 Å². The van der Waals surface area contributed by atoms with Crippen LogP contribution in [-0.2, 0) is 14.3 Å². The van der Waals surface area contributed by atoms with Crippen LogP contribution in [0.5, 0.6) is 0 Å². The molecule has 1 saturated heterocycles. The van der Waals surface area contributed by atoms with Gasteiger partial charge < -0.3 is 9.47 Å². The molecule has 0 saturated carbocycles. The Morgan fingerprint density at radius 1 is 1.44 bits per heavy atom. The quantitative estimate of drug-likeness (QED) is 0.732. The molecule has 0 radical (unpaired) electrons. The Morgan fingerprint density at radius 3 is 2.75 bits per heavy atom. The van der Waals surface area contributed by atoms with Crippen molar-refractivity contribution in [3.63, 3.8) is 0 Å². The highest BCUT2D eigenvalue weighted by Crippen LogP contribution is 2.29. The minimum atomic E-state index is -0.284. The highest BCUT2D eigenvalue weighted by molar-refractivity contribution is 5.78. The van der Waals surface area contributed by atoms with Crippen LogP contribution < -0.4 is 0 Å². The average molecular weight is 220 g/mol. The maximum Gasteiger partial charge on any atom is 0.315 e. The van der Waals surface area contributed by atoms with Gasteiger partial charge in [0.2, 0.25) is 0 Å². The van der Waals surface area contributed by atoms with Crippen molar-refractivity contribution >= 4 is 5.97 Å². The molecule has 0 spiro atoms. The summed E-state index contributed by atoms with van der Waals surface area (Å²) in [6, 6.07) is 9.69. The summed E-state index contributed by atoms with van der Waals surface area (Å²) in [5.74, 6) is -0.494. The van der Waals surface area contributed by atoms with Crippen LogP contribution in [0.4, 0.5) is 0 Å². The molecule has 0 aromatic heterocycles. The number of hydrogen-bond acceptors (Lipinski definition) is 3. The topological polar surface area (TPSA) is 35.5 Å². The van der Waals surface area contributed by atoms with Gasteiger partial charge in [0, 0.05) is 6.61 Å². The van der Waals surface area contributed by atoms with Crippen LogP contribution in [0.1, 0.15) is 24.3 Å². The first-order valence-electron chi connectivity index (χ1n) is 5.57. The monoisotopic (exact) mass is 220 g/mol. The number of ether oxygens (including phenoxy) is 2. The second kappa shape index (κ2) is 5.12. The van der Waals surface area contributed by atoms with Crippen molar-refractivity contribution in [1.82, 2.24) is 0 Å². The van der Waals surface area contributed by atoms with Crippen LogP contribution in [0.3, 0.4) is 0 Å². The Labute approximate surface area is 95.4 Å². The first kappa shape index (κ1) is 11.1. The molecule has 0 N–H and O–H groups in total. The van der Waals surface area contributed by atoms with E-state index >= 15 is 0 Å². The van der Waals surface area contributed by atoms with Gasteiger partial charge in [-0.05, 0) is 18.4 Å². The van der Waals surface area contributed by atoms with E-state index in [1.54, 1.807) is 0 Å². The molecule has 2 atom stereocenters. The van der Waals surface area contributed by atoms with E-state index in [2.05, 4.69) is 0 Å². The molecule has 1 aliphatic rings. The van der Waals surface area contributed by atoms with Gasteiger partial charge >= 0.3 is 5.97 Å². The lowest BCUT2D eigenvalue weighted by molar-refractivity contribution is -0.145. The Balaban J connectivity index is 2.24. The van der Waals surface area contributed by atoms with E-state index in [9.17, 15) is 4.79 Å². The summed E-state index contributed by atoms with van der Waals surface area (Å²) in [6.45, 7) is 0.741. The Hall–Kier alpha value is -1.35. The average Bonchev–Trinajstić information content (AvgIpc) is 2.84. The van der Waals surface area contributed by atoms with Gasteiger partial charge in [0.1, 0.15) is 5.92 Å². The van der Waals surface area contributed by atoms with Gasteiger partial charge in [-0.1, -0.05) is 30.3 Å². The van der Waals surface area contributed by atoms with Crippen LogP contribution in [0, 0.1) is 0 Å². The van der Waals surface area contributed by atoms with Crippen molar-refractivity contribution in [2.75, 3.05) is 13.7 Å². The molecule has 0 amide bonds. The first-order valence-corrected chi connectivity index (χ1v) is 5.57. The molecule has 16 heavy (non-hydrogen) atoms. The van der Waals surface area contributed by atoms with E-state index < -0.39 is 0 Å². The van der Waals surface area contributed by atoms with E-state index in [4.69, 9.17) is 9.47 Å². The number of methoxy groups -OCH3 is 1. The standard InChI is InChI=1S/C13H16O3/c1-15-13(14)12(11-8-5-9-16-11)10-6-3-2-4-7-10/h2-4,6-7,11-12H,5,8-9H2,1H3/t11-,12-/m0/s1. The third-order valence-corrected chi connectivity index (χ3v) is 2.95. The van der Waals surface area contributed by atoms with Crippen molar-refractivity contribution in [1.29, 1.82) is 0 Å². The smallest absolute Gasteiger partial charge is 0.315 e. The fourth-order valence-electron chi connectivity index (χ4n) is 2.16. The zero-order valence-corrected chi connectivity index (χ0v) is 9.39. The molecule has 0 aliphatic carbocycles. The van der Waals surface area contributed by atoms with Crippen molar-refractivity contribution in [3.8, 4) is 0 Å². The maximum atomic E-state index is 11.8. The molecule has 1 aromatic carbocycles. The summed E-state index contributed by atoms with van der Waals surface area (Å²) >= 11 is 0. The molecular weight excluding hydrogens is 204 g/mol. The summed E-state index contributed by atoms with van der Waals surface area (Å²) < 4.78 is 10.5. The second-order valence-corrected chi connectivity index (χ2v) is 3.96. The predicted octanol–water partition coefficient (Wildman–Crippen LogP) is 2.12. The van der Waals surface area contributed by atoms with Gasteiger partial charge in [-0.15, -0.1) is 0 Å². The minimum Gasteiger partial charge on any atom is -0.468 e. The molecule has 0 bridgehead atoms. The van der Waals surface area contributed by atoms with Crippen LogP contribution in [0.15, 0.2) is 30.3 Å². The van der Waals surface area contributed by atoms with Gasteiger partial charge in [0.15, 0.2) is 0 Å². The van der Waals surface area contributed by atoms with Gasteiger partial charge in [-0.25, -0.2) is 0 Å². The fraction of sp³-hybridized carbons (Fsp3) is 0.462. The van der Waals surface area contributed by atoms with E-state index in [1.807, 2.05) is 30.3 Å². The van der Waals surface area contributed by atoms with Gasteiger partial charge in [0.05, 0.1) is 13.2 Å². The molecule has 3 nitrogen and oxygen atoms in total. The molecular formula is C13H16O3. The normalized spacial score (nSPS) is 21.7. The number of rotatable bonds is 3. The highest BCUT2D eigenvalue weighted by Gasteiger charge is 2.33. The van der Waals surface area contributed by atoms with E-state index in [-0.39, 0.29) is 18.0 Å². The third kappa shape index (κ3) is 2.25. The number of carbonyl (C=O) groups is 1. The molecule has 1 aromatic rings. The van der Waals surface area contributed by atoms with Crippen molar-refractivity contribution < 1.29 is 14.3 Å². The molecule has 1 aliphatic heterocycles. The van der Waals surface area contributed by atoms with Crippen molar-refractivity contribution in [2.24, 2.45) is 0 Å². The number of carbonyl (C=O) groups excluding carboxylic acids is 1. The van der Waals surface area contributed by atoms with Crippen LogP contribution >= 0.6 is 0 Å². The zero-order valence-electron chi connectivity index (χ0n) is 9.39. The molecule has 0 unspecified atom stereocenters. The zero-order chi connectivity index (χ0) is 11.4. The number of esters is 1. The predicted molar refractivity (Wildman–Crippen MR) is 60.2 cm³/mol. The summed E-state index contributed by atoms with van der Waals surface area (Å²) in [5, 5.41) is 0. The lowest BCUT2D eigenvalue weighted by atomic mass is 9.92. The fourth-order valence-corrected chi connectivity index (χ4v) is 2.16. The van der Waals surface area contributed by atoms with Crippen molar-refractivity contribution in [3.05, 3.63) is 35.9 Å². The van der Waals surface area contributed by atoms with Gasteiger partial charge in [-0.2, -0.15) is 0 Å². The first-order chi connectivity index (χ1) is 7.83. The highest BCUT2D eigenvalue weighted by atomic mass is 16.5. The molecule has 1 fully saturated rings. The second-order valence-electron chi connectivity index (χ2n) is 3.96. The summed E-state index contributed by atoms with van der Waals surface area (Å²) in [7, 11) is 1.42. The molecule has 86 valence electrons. The van der Waals surface area contributed by atoms with Gasteiger partial charge in [-0.3, -0.25) is 4.79 Å². The van der Waals surface area contributed by atoms with E-state index in [0.29, 0.717) is 0 Å². The minimum absolute atomic E-state index is 0.0325. The Bertz CT molecular complexity index is 341. The van der Waals surface area contributed by atoms with Gasteiger partial charge in [0.25, 0.3) is 0 Å². The summed E-state index contributed by atoms with van der Waals surface area (Å²) in [5.41, 5.74) is 0.973. The van der Waals surface area contributed by atoms with Crippen LogP contribution in [-0.4, -0.2) is 25.8 Å². The largest absolute Gasteiger partial charge is 0.468 e. The molecule has 3 heteroatoms. The number of hydrogen-bond donors (Lipinski definition) is 0. The number of benzene rings is 1. The lowest BCUT2D eigenvalue weighted by Gasteiger charge is -2.20.